The monoisotopic (exact) mass is 309 g/mol. The number of likely N-dealkylation sites (tertiary alicyclic amines) is 1. The second-order valence-corrected chi connectivity index (χ2v) is 6.86. The van der Waals surface area contributed by atoms with Crippen LogP contribution in [0.15, 0.2) is 11.6 Å². The number of methoxy groups -OCH3 is 1. The summed E-state index contributed by atoms with van der Waals surface area (Å²) in [7, 11) is 1.33. The Hall–Kier alpha value is -1.85. The van der Waals surface area contributed by atoms with Crippen molar-refractivity contribution in [1.29, 1.82) is 0 Å². The first kappa shape index (κ1) is 16.5. The molecular formula is C16H23NO5. The van der Waals surface area contributed by atoms with Gasteiger partial charge in [-0.15, -0.1) is 0 Å². The quantitative estimate of drug-likeness (QED) is 0.693. The van der Waals surface area contributed by atoms with E-state index in [0.29, 0.717) is 25.8 Å². The first-order valence-electron chi connectivity index (χ1n) is 7.48. The maximum atomic E-state index is 12.3. The summed E-state index contributed by atoms with van der Waals surface area (Å²) in [6.07, 6.45) is 2.27. The van der Waals surface area contributed by atoms with Crippen LogP contribution in [-0.4, -0.2) is 48.5 Å². The molecule has 22 heavy (non-hydrogen) atoms. The van der Waals surface area contributed by atoms with Gasteiger partial charge in [0.2, 0.25) is 0 Å². The van der Waals surface area contributed by atoms with Crippen LogP contribution in [0.1, 0.15) is 40.0 Å². The first-order chi connectivity index (χ1) is 10.2. The first-order valence-corrected chi connectivity index (χ1v) is 7.48. The maximum Gasteiger partial charge on any atom is 0.410 e. The van der Waals surface area contributed by atoms with Crippen LogP contribution in [0, 0.1) is 5.41 Å². The van der Waals surface area contributed by atoms with E-state index >= 15 is 0 Å². The fourth-order valence-electron chi connectivity index (χ4n) is 3.03. The van der Waals surface area contributed by atoms with E-state index in [9.17, 15) is 14.4 Å². The molecule has 1 saturated heterocycles. The van der Waals surface area contributed by atoms with Gasteiger partial charge < -0.3 is 14.4 Å². The predicted molar refractivity (Wildman–Crippen MR) is 79.2 cm³/mol. The van der Waals surface area contributed by atoms with E-state index in [1.807, 2.05) is 0 Å². The van der Waals surface area contributed by atoms with Crippen molar-refractivity contribution in [3.8, 4) is 0 Å². The molecule has 1 amide bonds. The van der Waals surface area contributed by atoms with Gasteiger partial charge in [-0.3, -0.25) is 9.59 Å². The predicted octanol–water partition coefficient (Wildman–Crippen LogP) is 2.08. The van der Waals surface area contributed by atoms with Gasteiger partial charge in [-0.1, -0.05) is 0 Å². The molecule has 0 unspecified atom stereocenters. The van der Waals surface area contributed by atoms with Gasteiger partial charge in [-0.2, -0.15) is 0 Å². The van der Waals surface area contributed by atoms with E-state index in [4.69, 9.17) is 9.47 Å². The second-order valence-electron chi connectivity index (χ2n) is 6.86. The second kappa shape index (κ2) is 5.74. The van der Waals surface area contributed by atoms with Gasteiger partial charge in [-0.25, -0.2) is 4.79 Å². The molecular weight excluding hydrogens is 286 g/mol. The lowest BCUT2D eigenvalue weighted by molar-refractivity contribution is -0.153. The molecule has 0 radical (unpaired) electrons. The number of piperidine rings is 1. The number of rotatable bonds is 1. The van der Waals surface area contributed by atoms with Gasteiger partial charge in [0.05, 0.1) is 7.11 Å². The fourth-order valence-corrected chi connectivity index (χ4v) is 3.03. The lowest BCUT2D eigenvalue weighted by Crippen LogP contribution is -2.53. The highest BCUT2D eigenvalue weighted by atomic mass is 16.6. The molecule has 6 nitrogen and oxygen atoms in total. The van der Waals surface area contributed by atoms with Crippen LogP contribution in [0.2, 0.25) is 0 Å². The lowest BCUT2D eigenvalue weighted by Gasteiger charge is -2.44. The number of carbonyl (C=O) groups excluding carboxylic acids is 3. The molecule has 1 aliphatic carbocycles. The van der Waals surface area contributed by atoms with Crippen molar-refractivity contribution in [2.24, 2.45) is 5.41 Å². The van der Waals surface area contributed by atoms with E-state index < -0.39 is 17.1 Å². The molecule has 6 heteroatoms. The Labute approximate surface area is 130 Å². The van der Waals surface area contributed by atoms with Gasteiger partial charge in [0.1, 0.15) is 11.0 Å². The third-order valence-corrected chi connectivity index (χ3v) is 4.09. The zero-order valence-corrected chi connectivity index (χ0v) is 13.6. The average molecular weight is 309 g/mol. The number of hydrogen-bond donors (Lipinski definition) is 0. The standard InChI is InChI=1S/C16H23NO5/c1-15(2,3)22-14(20)17-8-6-11-9-12(18)5-7-16(11,10-17)13(19)21-4/h9H,5-8,10H2,1-4H3/t16-/m0/s1. The van der Waals surface area contributed by atoms with Crippen molar-refractivity contribution in [1.82, 2.24) is 4.90 Å². The number of ketones is 1. The van der Waals surface area contributed by atoms with Crippen LogP contribution in [0.25, 0.3) is 0 Å². The van der Waals surface area contributed by atoms with Crippen LogP contribution in [0.5, 0.6) is 0 Å². The number of allylic oxidation sites excluding steroid dienone is 1. The number of fused-ring (bicyclic) bond motifs is 1. The highest BCUT2D eigenvalue weighted by Gasteiger charge is 2.50. The van der Waals surface area contributed by atoms with Gasteiger partial charge >= 0.3 is 12.1 Å². The van der Waals surface area contributed by atoms with Crippen LogP contribution >= 0.6 is 0 Å². The molecule has 1 atom stereocenters. The Bertz CT molecular complexity index is 531. The van der Waals surface area contributed by atoms with Crippen molar-refractivity contribution in [3.05, 3.63) is 11.6 Å². The summed E-state index contributed by atoms with van der Waals surface area (Å²) >= 11 is 0. The summed E-state index contributed by atoms with van der Waals surface area (Å²) in [5.74, 6) is -0.361. The number of ether oxygens (including phenoxy) is 2. The highest BCUT2D eigenvalue weighted by molar-refractivity contribution is 5.95. The third-order valence-electron chi connectivity index (χ3n) is 4.09. The minimum absolute atomic E-state index is 0.0280. The van der Waals surface area contributed by atoms with Gasteiger partial charge in [0, 0.05) is 19.5 Å². The summed E-state index contributed by atoms with van der Waals surface area (Å²) in [4.78, 5) is 37.8. The average Bonchev–Trinajstić information content (AvgIpc) is 2.44. The van der Waals surface area contributed by atoms with Gasteiger partial charge in [0.25, 0.3) is 0 Å². The van der Waals surface area contributed by atoms with Gasteiger partial charge in [0.15, 0.2) is 5.78 Å². The summed E-state index contributed by atoms with van der Waals surface area (Å²) < 4.78 is 10.3. The number of nitrogens with zero attached hydrogens (tertiary/aromatic N) is 1. The van der Waals surface area contributed by atoms with Crippen molar-refractivity contribution in [2.45, 2.75) is 45.6 Å². The molecule has 0 aromatic rings. The molecule has 122 valence electrons. The van der Waals surface area contributed by atoms with E-state index in [2.05, 4.69) is 0 Å². The summed E-state index contributed by atoms with van der Waals surface area (Å²) in [5, 5.41) is 0. The van der Waals surface area contributed by atoms with E-state index in [1.165, 1.54) is 12.0 Å². The molecule has 0 N–H and O–H groups in total. The summed E-state index contributed by atoms with van der Waals surface area (Å²) in [6.45, 7) is 6.04. The zero-order valence-electron chi connectivity index (χ0n) is 13.6. The highest BCUT2D eigenvalue weighted by Crippen LogP contribution is 2.43. The van der Waals surface area contributed by atoms with Crippen molar-refractivity contribution in [2.75, 3.05) is 20.2 Å². The number of hydrogen-bond acceptors (Lipinski definition) is 5. The Balaban J connectivity index is 2.25. The third kappa shape index (κ3) is 3.15. The molecule has 0 bridgehead atoms. The number of carbonyl (C=O) groups is 3. The van der Waals surface area contributed by atoms with Crippen LogP contribution in [-0.2, 0) is 19.1 Å². The summed E-state index contributed by atoms with van der Waals surface area (Å²) in [5.41, 5.74) is -0.721. The number of esters is 1. The SMILES string of the molecule is COC(=O)[C@]12CCC(=O)C=C1CCN(C(=O)OC(C)(C)C)C2. The topological polar surface area (TPSA) is 72.9 Å². The number of amides is 1. The fraction of sp³-hybridized carbons (Fsp3) is 0.688. The molecule has 2 rings (SSSR count). The largest absolute Gasteiger partial charge is 0.468 e. The molecule has 0 aromatic heterocycles. The molecule has 0 saturated carbocycles. The van der Waals surface area contributed by atoms with Crippen LogP contribution in [0.4, 0.5) is 4.79 Å². The maximum absolute atomic E-state index is 12.3. The molecule has 1 heterocycles. The van der Waals surface area contributed by atoms with Crippen LogP contribution in [0.3, 0.4) is 0 Å². The van der Waals surface area contributed by atoms with Crippen molar-refractivity contribution >= 4 is 17.8 Å². The lowest BCUT2D eigenvalue weighted by atomic mass is 9.68. The molecule has 0 aromatic carbocycles. The Morgan fingerprint density at radius 1 is 1.27 bits per heavy atom. The van der Waals surface area contributed by atoms with Crippen molar-refractivity contribution in [3.63, 3.8) is 0 Å². The smallest absolute Gasteiger partial charge is 0.410 e. The Morgan fingerprint density at radius 2 is 1.95 bits per heavy atom. The minimum Gasteiger partial charge on any atom is -0.468 e. The Kier molecular flexibility index (Phi) is 4.31. The minimum atomic E-state index is -0.905. The van der Waals surface area contributed by atoms with E-state index in [1.54, 1.807) is 26.8 Å². The molecule has 0 spiro atoms. The van der Waals surface area contributed by atoms with Crippen LogP contribution < -0.4 is 0 Å². The molecule has 1 fully saturated rings. The molecule has 1 aliphatic heterocycles. The van der Waals surface area contributed by atoms with E-state index in [-0.39, 0.29) is 18.3 Å². The molecule has 2 aliphatic rings. The zero-order chi connectivity index (χ0) is 16.5. The van der Waals surface area contributed by atoms with Gasteiger partial charge in [-0.05, 0) is 45.3 Å². The van der Waals surface area contributed by atoms with E-state index in [0.717, 1.165) is 5.57 Å². The van der Waals surface area contributed by atoms with Crippen molar-refractivity contribution < 1.29 is 23.9 Å². The summed E-state index contributed by atoms with van der Waals surface area (Å²) in [6, 6.07) is 0. The normalized spacial score (nSPS) is 25.2. The Morgan fingerprint density at radius 3 is 2.55 bits per heavy atom.